The molecule has 150 valence electrons. The van der Waals surface area contributed by atoms with Crippen LogP contribution in [-0.4, -0.2) is 24.5 Å². The number of para-hydroxylation sites is 1. The molecule has 0 aliphatic heterocycles. The van der Waals surface area contributed by atoms with Crippen LogP contribution in [0.3, 0.4) is 0 Å². The van der Waals surface area contributed by atoms with Crippen molar-refractivity contribution in [3.05, 3.63) is 57.6 Å². The molecule has 7 heteroatoms. The van der Waals surface area contributed by atoms with Crippen LogP contribution in [-0.2, 0) is 9.59 Å². The van der Waals surface area contributed by atoms with E-state index in [1.165, 1.54) is 0 Å². The monoisotopic (exact) mass is 404 g/mol. The minimum Gasteiger partial charge on any atom is -0.484 e. The van der Waals surface area contributed by atoms with E-state index in [1.807, 2.05) is 45.9 Å². The molecule has 0 bridgehead atoms. The van der Waals surface area contributed by atoms with Crippen molar-refractivity contribution in [1.29, 1.82) is 0 Å². The molecule has 0 unspecified atom stereocenters. The highest BCUT2D eigenvalue weighted by molar-refractivity contribution is 6.32. The molecule has 0 aliphatic carbocycles. The van der Waals surface area contributed by atoms with Gasteiger partial charge in [0.1, 0.15) is 11.5 Å². The molecule has 0 aliphatic rings. The Morgan fingerprint density at radius 2 is 1.57 bits per heavy atom. The largest absolute Gasteiger partial charge is 0.484 e. The van der Waals surface area contributed by atoms with Crippen LogP contribution in [0.25, 0.3) is 0 Å². The lowest BCUT2D eigenvalue weighted by Crippen LogP contribution is -2.48. The maximum Gasteiger partial charge on any atom is 0.279 e. The first kappa shape index (κ1) is 21.6. The van der Waals surface area contributed by atoms with Crippen LogP contribution < -0.4 is 20.3 Å². The summed E-state index contributed by atoms with van der Waals surface area (Å²) in [5.41, 5.74) is 8.26. The van der Waals surface area contributed by atoms with Crippen molar-refractivity contribution in [1.82, 2.24) is 10.9 Å². The molecule has 0 heterocycles. The minimum atomic E-state index is -0.775. The smallest absolute Gasteiger partial charge is 0.279 e. The van der Waals surface area contributed by atoms with Crippen LogP contribution in [0, 0.1) is 27.7 Å². The van der Waals surface area contributed by atoms with Crippen molar-refractivity contribution < 1.29 is 19.1 Å². The van der Waals surface area contributed by atoms with Crippen molar-refractivity contribution in [2.75, 3.05) is 6.61 Å². The second kappa shape index (κ2) is 9.46. The van der Waals surface area contributed by atoms with Gasteiger partial charge in [0.2, 0.25) is 0 Å². The molecule has 0 fully saturated rings. The molecule has 0 saturated carbocycles. The van der Waals surface area contributed by atoms with Gasteiger partial charge in [0, 0.05) is 5.02 Å². The molecule has 28 heavy (non-hydrogen) atoms. The lowest BCUT2D eigenvalue weighted by Gasteiger charge is -2.18. The SMILES string of the molecule is Cc1cc(OCC(=O)NNC(=O)[C@@H](C)Oc2c(C)cccc2C)cc(C)c1Cl. The first-order valence-corrected chi connectivity index (χ1v) is 9.28. The van der Waals surface area contributed by atoms with Gasteiger partial charge in [-0.2, -0.15) is 0 Å². The van der Waals surface area contributed by atoms with E-state index in [0.29, 0.717) is 16.5 Å². The number of amides is 2. The summed E-state index contributed by atoms with van der Waals surface area (Å²) < 4.78 is 11.2. The summed E-state index contributed by atoms with van der Waals surface area (Å²) in [6.07, 6.45) is -0.775. The predicted molar refractivity (Wildman–Crippen MR) is 109 cm³/mol. The van der Waals surface area contributed by atoms with Crippen molar-refractivity contribution in [3.8, 4) is 11.5 Å². The number of benzene rings is 2. The fraction of sp³-hybridized carbons (Fsp3) is 0.333. The highest BCUT2D eigenvalue weighted by atomic mass is 35.5. The zero-order valence-electron chi connectivity index (χ0n) is 16.7. The molecule has 0 radical (unpaired) electrons. The first-order valence-electron chi connectivity index (χ1n) is 8.90. The lowest BCUT2D eigenvalue weighted by molar-refractivity contribution is -0.133. The molecule has 2 N–H and O–H groups in total. The number of hydrogen-bond donors (Lipinski definition) is 2. The predicted octanol–water partition coefficient (Wildman–Crippen LogP) is 3.57. The van der Waals surface area contributed by atoms with E-state index in [9.17, 15) is 9.59 Å². The summed E-state index contributed by atoms with van der Waals surface area (Å²) in [5.74, 6) is 0.243. The van der Waals surface area contributed by atoms with Gasteiger partial charge < -0.3 is 9.47 Å². The summed E-state index contributed by atoms with van der Waals surface area (Å²) in [7, 11) is 0. The van der Waals surface area contributed by atoms with E-state index >= 15 is 0 Å². The van der Waals surface area contributed by atoms with Gasteiger partial charge in [-0.25, -0.2) is 0 Å². The Bertz CT molecular complexity index is 839. The second-order valence-corrected chi connectivity index (χ2v) is 7.06. The molecule has 0 aromatic heterocycles. The zero-order valence-corrected chi connectivity index (χ0v) is 17.4. The van der Waals surface area contributed by atoms with E-state index in [1.54, 1.807) is 19.1 Å². The maximum absolute atomic E-state index is 12.2. The standard InChI is InChI=1S/C21H25ClN2O4/c1-12-7-6-8-13(2)20(12)28-16(5)21(26)24-23-18(25)11-27-17-9-14(3)19(22)15(4)10-17/h6-10,16H,11H2,1-5H3,(H,23,25)(H,24,26)/t16-/m1/s1. The molecular formula is C21H25ClN2O4. The highest BCUT2D eigenvalue weighted by Crippen LogP contribution is 2.26. The van der Waals surface area contributed by atoms with Crippen molar-refractivity contribution in [2.24, 2.45) is 0 Å². The summed E-state index contributed by atoms with van der Waals surface area (Å²) in [5, 5.41) is 0.668. The van der Waals surface area contributed by atoms with Gasteiger partial charge in [-0.15, -0.1) is 0 Å². The average Bonchev–Trinajstić information content (AvgIpc) is 2.65. The fourth-order valence-electron chi connectivity index (χ4n) is 2.62. The summed E-state index contributed by atoms with van der Waals surface area (Å²) in [6.45, 7) is 8.91. The molecule has 0 spiro atoms. The van der Waals surface area contributed by atoms with Crippen molar-refractivity contribution in [2.45, 2.75) is 40.7 Å². The normalized spacial score (nSPS) is 11.5. The van der Waals surface area contributed by atoms with Crippen LogP contribution >= 0.6 is 11.6 Å². The van der Waals surface area contributed by atoms with Gasteiger partial charge in [-0.1, -0.05) is 29.8 Å². The van der Waals surface area contributed by atoms with Gasteiger partial charge in [-0.05, 0) is 69.0 Å². The van der Waals surface area contributed by atoms with Gasteiger partial charge in [-0.3, -0.25) is 20.4 Å². The van der Waals surface area contributed by atoms with Gasteiger partial charge in [0.05, 0.1) is 0 Å². The Labute approximate surface area is 170 Å². The number of carbonyl (C=O) groups excluding carboxylic acids is 2. The number of ether oxygens (including phenoxy) is 2. The fourth-order valence-corrected chi connectivity index (χ4v) is 2.73. The Morgan fingerprint density at radius 1 is 1.00 bits per heavy atom. The van der Waals surface area contributed by atoms with Gasteiger partial charge >= 0.3 is 0 Å². The molecule has 6 nitrogen and oxygen atoms in total. The molecule has 2 aromatic carbocycles. The van der Waals surface area contributed by atoms with E-state index in [4.69, 9.17) is 21.1 Å². The number of halogens is 1. The van der Waals surface area contributed by atoms with Crippen LogP contribution in [0.1, 0.15) is 29.2 Å². The average molecular weight is 405 g/mol. The number of rotatable bonds is 6. The second-order valence-electron chi connectivity index (χ2n) is 6.68. The van der Waals surface area contributed by atoms with Gasteiger partial charge in [0.15, 0.2) is 12.7 Å². The van der Waals surface area contributed by atoms with E-state index in [0.717, 1.165) is 22.3 Å². The van der Waals surface area contributed by atoms with Crippen LogP contribution in [0.2, 0.25) is 5.02 Å². The topological polar surface area (TPSA) is 76.7 Å². The Hall–Kier alpha value is -2.73. The third-order valence-electron chi connectivity index (χ3n) is 4.18. The summed E-state index contributed by atoms with van der Waals surface area (Å²) in [4.78, 5) is 24.1. The van der Waals surface area contributed by atoms with E-state index < -0.39 is 17.9 Å². The maximum atomic E-state index is 12.2. The van der Waals surface area contributed by atoms with Crippen LogP contribution in [0.4, 0.5) is 0 Å². The molecule has 0 saturated heterocycles. The Morgan fingerprint density at radius 3 is 2.14 bits per heavy atom. The molecule has 2 amide bonds. The molecule has 1 atom stereocenters. The van der Waals surface area contributed by atoms with Crippen LogP contribution in [0.5, 0.6) is 11.5 Å². The third kappa shape index (κ3) is 5.63. The molecular weight excluding hydrogens is 380 g/mol. The minimum absolute atomic E-state index is 0.243. The number of hydrogen-bond acceptors (Lipinski definition) is 4. The van der Waals surface area contributed by atoms with Crippen molar-refractivity contribution >= 4 is 23.4 Å². The van der Waals surface area contributed by atoms with E-state index in [2.05, 4.69) is 10.9 Å². The quantitative estimate of drug-likeness (QED) is 0.721. The highest BCUT2D eigenvalue weighted by Gasteiger charge is 2.17. The Balaban J connectivity index is 1.82. The van der Waals surface area contributed by atoms with Gasteiger partial charge in [0.25, 0.3) is 11.8 Å². The molecule has 2 aromatic rings. The Kier molecular flexibility index (Phi) is 7.29. The number of aryl methyl sites for hydroxylation is 4. The van der Waals surface area contributed by atoms with Crippen molar-refractivity contribution in [3.63, 3.8) is 0 Å². The zero-order chi connectivity index (χ0) is 20.8. The number of carbonyl (C=O) groups is 2. The third-order valence-corrected chi connectivity index (χ3v) is 4.77. The summed E-state index contributed by atoms with van der Waals surface area (Å²) >= 11 is 6.11. The first-order chi connectivity index (χ1) is 13.2. The van der Waals surface area contributed by atoms with Crippen LogP contribution in [0.15, 0.2) is 30.3 Å². The summed E-state index contributed by atoms with van der Waals surface area (Å²) in [6, 6.07) is 9.24. The number of nitrogens with one attached hydrogen (secondary N) is 2. The lowest BCUT2D eigenvalue weighted by atomic mass is 10.1. The molecule has 2 rings (SSSR count). The number of hydrazine groups is 1. The van der Waals surface area contributed by atoms with E-state index in [-0.39, 0.29) is 6.61 Å².